The average molecular weight is 262 g/mol. The van der Waals surface area contributed by atoms with Crippen LogP contribution in [0.4, 0.5) is 0 Å². The fourth-order valence-electron chi connectivity index (χ4n) is 1.23. The lowest BCUT2D eigenvalue weighted by atomic mass is 9.86. The van der Waals surface area contributed by atoms with Crippen LogP contribution in [0.1, 0.15) is 25.0 Å². The van der Waals surface area contributed by atoms with Crippen LogP contribution in [0, 0.1) is 6.92 Å². The highest BCUT2D eigenvalue weighted by atomic mass is 79.9. The number of rotatable bonds is 2. The molecule has 0 amide bonds. The van der Waals surface area contributed by atoms with Crippen molar-refractivity contribution < 1.29 is 0 Å². The Morgan fingerprint density at radius 2 is 2.00 bits per heavy atom. The molecule has 0 saturated carbocycles. The van der Waals surface area contributed by atoms with E-state index in [2.05, 4.69) is 42.8 Å². The van der Waals surface area contributed by atoms with Crippen LogP contribution >= 0.6 is 27.5 Å². The number of benzene rings is 1. The number of hydrogen-bond acceptors (Lipinski definition) is 0. The summed E-state index contributed by atoms with van der Waals surface area (Å²) >= 11 is 9.65. The summed E-state index contributed by atoms with van der Waals surface area (Å²) < 4.78 is 0. The quantitative estimate of drug-likeness (QED) is 0.696. The second kappa shape index (κ2) is 4.02. The van der Waals surface area contributed by atoms with E-state index in [1.54, 1.807) is 0 Å². The molecule has 13 heavy (non-hydrogen) atoms. The average Bonchev–Trinajstić information content (AvgIpc) is 2.09. The Labute approximate surface area is 93.4 Å². The maximum Gasteiger partial charge on any atom is 0.0443 e. The molecular weight excluding hydrogens is 247 g/mol. The van der Waals surface area contributed by atoms with Crippen LogP contribution in [0.15, 0.2) is 18.2 Å². The third-order valence-electron chi connectivity index (χ3n) is 2.19. The van der Waals surface area contributed by atoms with Crippen molar-refractivity contribution in [2.24, 2.45) is 0 Å². The Bertz CT molecular complexity index is 305. The van der Waals surface area contributed by atoms with Crippen molar-refractivity contribution >= 4 is 27.5 Å². The molecule has 0 aromatic heterocycles. The van der Waals surface area contributed by atoms with Crippen molar-refractivity contribution in [1.29, 1.82) is 0 Å². The van der Waals surface area contributed by atoms with E-state index >= 15 is 0 Å². The molecule has 0 spiro atoms. The highest BCUT2D eigenvalue weighted by Crippen LogP contribution is 2.31. The highest BCUT2D eigenvalue weighted by molar-refractivity contribution is 9.09. The third-order valence-corrected chi connectivity index (χ3v) is 3.92. The van der Waals surface area contributed by atoms with Gasteiger partial charge in [0.2, 0.25) is 0 Å². The summed E-state index contributed by atoms with van der Waals surface area (Å²) in [6, 6.07) is 6.16. The van der Waals surface area contributed by atoms with Crippen LogP contribution in [-0.4, -0.2) is 5.33 Å². The fraction of sp³-hybridized carbons (Fsp3) is 0.455. The van der Waals surface area contributed by atoms with Gasteiger partial charge in [-0.05, 0) is 18.6 Å². The lowest BCUT2D eigenvalue weighted by molar-refractivity contribution is 0.606. The summed E-state index contributed by atoms with van der Waals surface area (Å²) in [6.07, 6.45) is 0. The van der Waals surface area contributed by atoms with Crippen LogP contribution in [0.25, 0.3) is 0 Å². The minimum absolute atomic E-state index is 0.100. The predicted molar refractivity (Wildman–Crippen MR) is 63.0 cm³/mol. The van der Waals surface area contributed by atoms with E-state index in [1.165, 1.54) is 11.1 Å². The molecule has 0 saturated heterocycles. The van der Waals surface area contributed by atoms with Gasteiger partial charge in [0.25, 0.3) is 0 Å². The first-order valence-electron chi connectivity index (χ1n) is 4.30. The van der Waals surface area contributed by atoms with E-state index in [4.69, 9.17) is 11.6 Å². The summed E-state index contributed by atoms with van der Waals surface area (Å²) in [6.45, 7) is 6.45. The van der Waals surface area contributed by atoms with Crippen LogP contribution in [0.3, 0.4) is 0 Å². The highest BCUT2D eigenvalue weighted by Gasteiger charge is 2.21. The summed E-state index contributed by atoms with van der Waals surface area (Å²) in [7, 11) is 0. The summed E-state index contributed by atoms with van der Waals surface area (Å²) in [5, 5.41) is 1.78. The topological polar surface area (TPSA) is 0 Å². The lowest BCUT2D eigenvalue weighted by Crippen LogP contribution is -2.19. The molecule has 0 bridgehead atoms. The van der Waals surface area contributed by atoms with Crippen molar-refractivity contribution in [3.8, 4) is 0 Å². The Morgan fingerprint density at radius 1 is 1.38 bits per heavy atom. The van der Waals surface area contributed by atoms with Gasteiger partial charge >= 0.3 is 0 Å². The van der Waals surface area contributed by atoms with E-state index in [0.29, 0.717) is 0 Å². The molecule has 0 N–H and O–H groups in total. The molecule has 0 nitrogen and oxygen atoms in total. The first kappa shape index (κ1) is 11.1. The van der Waals surface area contributed by atoms with Crippen molar-refractivity contribution in [2.75, 3.05) is 5.33 Å². The van der Waals surface area contributed by atoms with E-state index in [9.17, 15) is 0 Å². The summed E-state index contributed by atoms with van der Waals surface area (Å²) in [5.41, 5.74) is 2.57. The van der Waals surface area contributed by atoms with E-state index in [1.807, 2.05) is 12.1 Å². The van der Waals surface area contributed by atoms with E-state index in [-0.39, 0.29) is 5.41 Å². The predicted octanol–water partition coefficient (Wildman–Crippen LogP) is 4.32. The molecule has 0 fully saturated rings. The molecule has 0 aliphatic carbocycles. The lowest BCUT2D eigenvalue weighted by Gasteiger charge is -2.24. The van der Waals surface area contributed by atoms with Gasteiger partial charge in [-0.3, -0.25) is 0 Å². The SMILES string of the molecule is Cc1ccc(Cl)c(C(C)(C)CBr)c1. The maximum absolute atomic E-state index is 6.14. The minimum atomic E-state index is 0.100. The maximum atomic E-state index is 6.14. The number of hydrogen-bond donors (Lipinski definition) is 0. The zero-order valence-electron chi connectivity index (χ0n) is 8.20. The van der Waals surface area contributed by atoms with Crippen molar-refractivity contribution in [1.82, 2.24) is 0 Å². The second-order valence-corrected chi connectivity index (χ2v) is 4.97. The molecule has 1 aromatic carbocycles. The summed E-state index contributed by atoms with van der Waals surface area (Å²) in [5.74, 6) is 0. The normalized spacial score (nSPS) is 11.8. The first-order valence-corrected chi connectivity index (χ1v) is 5.80. The number of alkyl halides is 1. The molecule has 0 radical (unpaired) electrons. The molecule has 0 unspecified atom stereocenters. The van der Waals surface area contributed by atoms with Crippen molar-refractivity contribution in [2.45, 2.75) is 26.2 Å². The molecule has 0 atom stereocenters. The molecular formula is C11H14BrCl. The second-order valence-electron chi connectivity index (χ2n) is 4.00. The molecule has 2 heteroatoms. The Morgan fingerprint density at radius 3 is 2.54 bits per heavy atom. The molecule has 0 heterocycles. The Balaban J connectivity index is 3.20. The van der Waals surface area contributed by atoms with Gasteiger partial charge in [-0.15, -0.1) is 0 Å². The van der Waals surface area contributed by atoms with Gasteiger partial charge in [0, 0.05) is 15.8 Å². The molecule has 0 aliphatic heterocycles. The Hall–Kier alpha value is -0.0100. The molecule has 1 aromatic rings. The molecule has 72 valence electrons. The Kier molecular flexibility index (Phi) is 3.42. The van der Waals surface area contributed by atoms with Gasteiger partial charge in [0.1, 0.15) is 0 Å². The fourth-order valence-corrected chi connectivity index (χ4v) is 1.91. The molecule has 0 aliphatic rings. The van der Waals surface area contributed by atoms with Gasteiger partial charge in [0.05, 0.1) is 0 Å². The van der Waals surface area contributed by atoms with Crippen LogP contribution in [0.2, 0.25) is 5.02 Å². The monoisotopic (exact) mass is 260 g/mol. The third kappa shape index (κ3) is 2.47. The summed E-state index contributed by atoms with van der Waals surface area (Å²) in [4.78, 5) is 0. The standard InChI is InChI=1S/C11H14BrCl/c1-8-4-5-10(13)9(6-8)11(2,3)7-12/h4-6H,7H2,1-3H3. The van der Waals surface area contributed by atoms with Crippen LogP contribution < -0.4 is 0 Å². The minimum Gasteiger partial charge on any atom is -0.0919 e. The largest absolute Gasteiger partial charge is 0.0919 e. The van der Waals surface area contributed by atoms with Gasteiger partial charge in [-0.1, -0.05) is 59.1 Å². The van der Waals surface area contributed by atoms with Gasteiger partial charge in [-0.2, -0.15) is 0 Å². The van der Waals surface area contributed by atoms with E-state index in [0.717, 1.165) is 10.4 Å². The first-order chi connectivity index (χ1) is 5.97. The molecule has 1 rings (SSSR count). The van der Waals surface area contributed by atoms with Crippen molar-refractivity contribution in [3.63, 3.8) is 0 Å². The number of aryl methyl sites for hydroxylation is 1. The zero-order chi connectivity index (χ0) is 10.1. The number of halogens is 2. The van der Waals surface area contributed by atoms with Crippen molar-refractivity contribution in [3.05, 3.63) is 34.3 Å². The van der Waals surface area contributed by atoms with Gasteiger partial charge in [0.15, 0.2) is 0 Å². The van der Waals surface area contributed by atoms with Crippen LogP contribution in [-0.2, 0) is 5.41 Å². The van der Waals surface area contributed by atoms with Gasteiger partial charge < -0.3 is 0 Å². The van der Waals surface area contributed by atoms with E-state index < -0.39 is 0 Å². The smallest absolute Gasteiger partial charge is 0.0443 e. The zero-order valence-corrected chi connectivity index (χ0v) is 10.5. The van der Waals surface area contributed by atoms with Gasteiger partial charge in [-0.25, -0.2) is 0 Å². The van der Waals surface area contributed by atoms with Crippen LogP contribution in [0.5, 0.6) is 0 Å².